The predicted molar refractivity (Wildman–Crippen MR) is 48.9 cm³/mol. The van der Waals surface area contributed by atoms with Crippen LogP contribution in [0.15, 0.2) is 18.2 Å². The molecule has 0 aliphatic carbocycles. The molecule has 0 saturated heterocycles. The van der Waals surface area contributed by atoms with Crippen molar-refractivity contribution in [2.24, 2.45) is 5.73 Å². The van der Waals surface area contributed by atoms with Crippen LogP contribution < -0.4 is 5.73 Å². The van der Waals surface area contributed by atoms with Gasteiger partial charge in [-0.25, -0.2) is 4.39 Å². The first kappa shape index (κ1) is 12.9. The van der Waals surface area contributed by atoms with Crippen LogP contribution in [0.5, 0.6) is 0 Å². The molecule has 0 heterocycles. The van der Waals surface area contributed by atoms with Crippen molar-refractivity contribution in [1.82, 2.24) is 0 Å². The highest BCUT2D eigenvalue weighted by atomic mass is 19.4. The molecule has 1 rings (SSSR count). The third-order valence-electron chi connectivity index (χ3n) is 2.15. The molecule has 0 amide bonds. The maximum Gasteiger partial charge on any atom is 0.416 e. The van der Waals surface area contributed by atoms with Gasteiger partial charge in [0.2, 0.25) is 0 Å². The second kappa shape index (κ2) is 4.78. The van der Waals surface area contributed by atoms with Gasteiger partial charge in [-0.05, 0) is 18.6 Å². The third kappa shape index (κ3) is 2.69. The quantitative estimate of drug-likeness (QED) is 0.805. The minimum atomic E-state index is -4.69. The molecule has 1 aromatic rings. The normalized spacial score (nSPS) is 13.9. The topological polar surface area (TPSA) is 26.0 Å². The average molecular weight is 239 g/mol. The van der Waals surface area contributed by atoms with Crippen LogP contribution in [0.1, 0.15) is 23.6 Å². The molecule has 0 saturated carbocycles. The van der Waals surface area contributed by atoms with E-state index in [2.05, 4.69) is 0 Å². The van der Waals surface area contributed by atoms with Gasteiger partial charge < -0.3 is 5.73 Å². The van der Waals surface area contributed by atoms with Crippen molar-refractivity contribution in [3.05, 3.63) is 35.1 Å². The van der Waals surface area contributed by atoms with Crippen molar-refractivity contribution in [3.8, 4) is 0 Å². The molecule has 90 valence electrons. The van der Waals surface area contributed by atoms with E-state index in [-0.39, 0.29) is 6.42 Å². The summed E-state index contributed by atoms with van der Waals surface area (Å²) in [5.41, 5.74) is 3.51. The van der Waals surface area contributed by atoms with Crippen molar-refractivity contribution >= 4 is 0 Å². The molecule has 1 aromatic carbocycles. The van der Waals surface area contributed by atoms with Crippen LogP contribution in [-0.2, 0) is 6.18 Å². The van der Waals surface area contributed by atoms with Gasteiger partial charge in [-0.3, -0.25) is 4.39 Å². The first-order valence-corrected chi connectivity index (χ1v) is 4.55. The van der Waals surface area contributed by atoms with E-state index in [9.17, 15) is 22.0 Å². The standard InChI is InChI=1S/C10H10F5N/c11-5-4-8(16)9-6(10(13,14)15)2-1-3-7(9)12/h1-3,8H,4-5,16H2/t8-/m0/s1. The lowest BCUT2D eigenvalue weighted by Crippen LogP contribution is -2.19. The van der Waals surface area contributed by atoms with E-state index >= 15 is 0 Å². The van der Waals surface area contributed by atoms with Crippen LogP contribution >= 0.6 is 0 Å². The molecule has 0 spiro atoms. The SMILES string of the molecule is N[C@@H](CCF)c1c(F)cccc1C(F)(F)F. The van der Waals surface area contributed by atoms with Gasteiger partial charge in [-0.15, -0.1) is 0 Å². The second-order valence-corrected chi connectivity index (χ2v) is 3.28. The van der Waals surface area contributed by atoms with Gasteiger partial charge in [0.15, 0.2) is 0 Å². The summed E-state index contributed by atoms with van der Waals surface area (Å²) in [4.78, 5) is 0. The summed E-state index contributed by atoms with van der Waals surface area (Å²) in [6.07, 6.45) is -5.03. The molecule has 2 N–H and O–H groups in total. The van der Waals surface area contributed by atoms with Crippen molar-refractivity contribution < 1.29 is 22.0 Å². The summed E-state index contributed by atoms with van der Waals surface area (Å²) in [5.74, 6) is -1.06. The Hall–Kier alpha value is -1.17. The second-order valence-electron chi connectivity index (χ2n) is 3.28. The van der Waals surface area contributed by atoms with E-state index in [1.807, 2.05) is 0 Å². The zero-order valence-corrected chi connectivity index (χ0v) is 8.19. The van der Waals surface area contributed by atoms with E-state index in [0.29, 0.717) is 0 Å². The fourth-order valence-corrected chi connectivity index (χ4v) is 1.42. The molecular formula is C10H10F5N. The molecule has 0 aliphatic heterocycles. The lowest BCUT2D eigenvalue weighted by Gasteiger charge is -2.17. The molecule has 0 fully saturated rings. The Labute approximate surface area is 89.1 Å². The van der Waals surface area contributed by atoms with Gasteiger partial charge in [-0.2, -0.15) is 13.2 Å². The molecule has 6 heteroatoms. The molecule has 1 atom stereocenters. The first-order chi connectivity index (χ1) is 7.38. The Balaban J connectivity index is 3.24. The van der Waals surface area contributed by atoms with Crippen LogP contribution in [0.4, 0.5) is 22.0 Å². The number of halogens is 5. The Bertz CT molecular complexity index is 361. The highest BCUT2D eigenvalue weighted by Gasteiger charge is 2.35. The van der Waals surface area contributed by atoms with Gasteiger partial charge in [0, 0.05) is 11.6 Å². The molecule has 16 heavy (non-hydrogen) atoms. The minimum Gasteiger partial charge on any atom is -0.324 e. The maximum atomic E-state index is 13.3. The number of hydrogen-bond donors (Lipinski definition) is 1. The molecule has 0 aromatic heterocycles. The van der Waals surface area contributed by atoms with Gasteiger partial charge in [-0.1, -0.05) is 6.07 Å². The first-order valence-electron chi connectivity index (χ1n) is 4.55. The van der Waals surface area contributed by atoms with Crippen molar-refractivity contribution in [3.63, 3.8) is 0 Å². The van der Waals surface area contributed by atoms with Gasteiger partial charge >= 0.3 is 6.18 Å². The van der Waals surface area contributed by atoms with E-state index in [1.165, 1.54) is 0 Å². The summed E-state index contributed by atoms with van der Waals surface area (Å²) in [7, 11) is 0. The van der Waals surface area contributed by atoms with Gasteiger partial charge in [0.1, 0.15) is 5.82 Å². The van der Waals surface area contributed by atoms with Crippen LogP contribution in [0.25, 0.3) is 0 Å². The molecule has 1 nitrogen and oxygen atoms in total. The molecular weight excluding hydrogens is 229 g/mol. The summed E-state index contributed by atoms with van der Waals surface area (Å²) in [6.45, 7) is -0.896. The highest BCUT2D eigenvalue weighted by Crippen LogP contribution is 2.35. The summed E-state index contributed by atoms with van der Waals surface area (Å²) in [5, 5.41) is 0. The molecule has 0 aliphatic rings. The summed E-state index contributed by atoms with van der Waals surface area (Å²) >= 11 is 0. The number of alkyl halides is 4. The monoisotopic (exact) mass is 239 g/mol. The number of nitrogens with two attached hydrogens (primary N) is 1. The van der Waals surface area contributed by atoms with Crippen LogP contribution in [0.3, 0.4) is 0 Å². The lowest BCUT2D eigenvalue weighted by atomic mass is 9.98. The lowest BCUT2D eigenvalue weighted by molar-refractivity contribution is -0.138. The highest BCUT2D eigenvalue weighted by molar-refractivity contribution is 5.33. The van der Waals surface area contributed by atoms with Crippen molar-refractivity contribution in [2.75, 3.05) is 6.67 Å². The van der Waals surface area contributed by atoms with Gasteiger partial charge in [0.25, 0.3) is 0 Å². The van der Waals surface area contributed by atoms with Gasteiger partial charge in [0.05, 0.1) is 12.2 Å². The van der Waals surface area contributed by atoms with Crippen LogP contribution in [-0.4, -0.2) is 6.67 Å². The predicted octanol–water partition coefficient (Wildman–Crippen LogP) is 3.20. The number of rotatable bonds is 3. The van der Waals surface area contributed by atoms with E-state index in [0.717, 1.165) is 18.2 Å². The Morgan fingerprint density at radius 1 is 1.25 bits per heavy atom. The fraction of sp³-hybridized carbons (Fsp3) is 0.400. The van der Waals surface area contributed by atoms with E-state index in [4.69, 9.17) is 5.73 Å². The number of benzene rings is 1. The Morgan fingerprint density at radius 3 is 2.38 bits per heavy atom. The van der Waals surface area contributed by atoms with Crippen molar-refractivity contribution in [1.29, 1.82) is 0 Å². The Morgan fingerprint density at radius 2 is 1.88 bits per heavy atom. The minimum absolute atomic E-state index is 0.343. The van der Waals surface area contributed by atoms with Crippen LogP contribution in [0.2, 0.25) is 0 Å². The third-order valence-corrected chi connectivity index (χ3v) is 2.15. The molecule has 0 unspecified atom stereocenters. The smallest absolute Gasteiger partial charge is 0.324 e. The zero-order chi connectivity index (χ0) is 12.3. The van der Waals surface area contributed by atoms with Crippen molar-refractivity contribution in [2.45, 2.75) is 18.6 Å². The molecule has 0 radical (unpaired) electrons. The van der Waals surface area contributed by atoms with E-state index < -0.39 is 35.8 Å². The summed E-state index contributed by atoms with van der Waals surface area (Å²) in [6, 6.07) is 1.27. The molecule has 0 bridgehead atoms. The largest absolute Gasteiger partial charge is 0.416 e. The number of hydrogen-bond acceptors (Lipinski definition) is 1. The maximum absolute atomic E-state index is 13.3. The Kier molecular flexibility index (Phi) is 3.85. The zero-order valence-electron chi connectivity index (χ0n) is 8.19. The van der Waals surface area contributed by atoms with E-state index in [1.54, 1.807) is 0 Å². The van der Waals surface area contributed by atoms with Crippen LogP contribution in [0, 0.1) is 5.82 Å². The average Bonchev–Trinajstić information content (AvgIpc) is 2.16. The fourth-order valence-electron chi connectivity index (χ4n) is 1.42. The summed E-state index contributed by atoms with van der Waals surface area (Å²) < 4.78 is 62.8.